The molecule has 0 aliphatic heterocycles. The van der Waals surface area contributed by atoms with E-state index in [2.05, 4.69) is 16.3 Å². The number of hydrogen-bond acceptors (Lipinski definition) is 5. The maximum Gasteiger partial charge on any atom is 0.108 e. The molecule has 1 rings (SSSR count). The zero-order valence-electron chi connectivity index (χ0n) is 12.2. The fraction of sp³-hybridized carbons (Fsp3) is 0.929. The molecule has 0 aromatic heterocycles. The van der Waals surface area contributed by atoms with Gasteiger partial charge in [-0.1, -0.05) is 0 Å². The largest absolute Gasteiger partial charge is 0.380 e. The zero-order valence-corrected chi connectivity index (χ0v) is 12.2. The highest BCUT2D eigenvalue weighted by Gasteiger charge is 2.25. The Morgan fingerprint density at radius 3 is 2.21 bits per heavy atom. The van der Waals surface area contributed by atoms with Gasteiger partial charge in [-0.15, -0.1) is 0 Å². The van der Waals surface area contributed by atoms with E-state index in [1.54, 1.807) is 0 Å². The Kier molecular flexibility index (Phi) is 8.76. The number of nitrogens with one attached hydrogen (secondary N) is 1. The summed E-state index contributed by atoms with van der Waals surface area (Å²) < 4.78 is 10.8. The highest BCUT2D eigenvalue weighted by atomic mass is 16.5. The molecule has 1 N–H and O–H groups in total. The van der Waals surface area contributed by atoms with Gasteiger partial charge in [-0.2, -0.15) is 5.26 Å². The second-order valence-corrected chi connectivity index (χ2v) is 4.82. The van der Waals surface area contributed by atoms with Gasteiger partial charge in [-0.05, 0) is 26.7 Å². The van der Waals surface area contributed by atoms with Gasteiger partial charge >= 0.3 is 0 Å². The van der Waals surface area contributed by atoms with Crippen molar-refractivity contribution in [3.63, 3.8) is 0 Å². The van der Waals surface area contributed by atoms with Crippen LogP contribution in [0.5, 0.6) is 0 Å². The smallest absolute Gasteiger partial charge is 0.108 e. The number of nitriles is 1. The molecular formula is C14H27N3O2. The van der Waals surface area contributed by atoms with Crippen LogP contribution in [0.2, 0.25) is 0 Å². The van der Waals surface area contributed by atoms with Crippen molar-refractivity contribution in [2.45, 2.75) is 38.8 Å². The minimum Gasteiger partial charge on any atom is -0.380 e. The Labute approximate surface area is 116 Å². The second kappa shape index (κ2) is 10.2. The molecule has 0 bridgehead atoms. The van der Waals surface area contributed by atoms with Crippen molar-refractivity contribution in [2.24, 2.45) is 0 Å². The predicted octanol–water partition coefficient (Wildman–Crippen LogP) is 1.01. The Hall–Kier alpha value is -0.670. The van der Waals surface area contributed by atoms with Crippen molar-refractivity contribution in [1.29, 1.82) is 5.26 Å². The Morgan fingerprint density at radius 1 is 1.21 bits per heavy atom. The van der Waals surface area contributed by atoms with E-state index in [9.17, 15) is 5.26 Å². The van der Waals surface area contributed by atoms with Gasteiger partial charge in [0.1, 0.15) is 6.04 Å². The predicted molar refractivity (Wildman–Crippen MR) is 75.0 cm³/mol. The maximum atomic E-state index is 9.19. The van der Waals surface area contributed by atoms with Crippen LogP contribution in [0.4, 0.5) is 0 Å². The fourth-order valence-electron chi connectivity index (χ4n) is 1.89. The number of rotatable bonds is 12. The highest BCUT2D eigenvalue weighted by molar-refractivity contribution is 4.97. The molecule has 1 saturated carbocycles. The molecule has 1 aliphatic rings. The van der Waals surface area contributed by atoms with E-state index < -0.39 is 0 Å². The van der Waals surface area contributed by atoms with Crippen molar-refractivity contribution < 1.29 is 9.47 Å². The van der Waals surface area contributed by atoms with Crippen molar-refractivity contribution in [2.75, 3.05) is 46.1 Å². The first kappa shape index (κ1) is 16.4. The monoisotopic (exact) mass is 269 g/mol. The number of nitrogens with zero attached hydrogens (tertiary/aromatic N) is 2. The third kappa shape index (κ3) is 8.17. The molecule has 1 atom stereocenters. The van der Waals surface area contributed by atoms with Crippen molar-refractivity contribution in [1.82, 2.24) is 10.2 Å². The van der Waals surface area contributed by atoms with Crippen LogP contribution in [0.25, 0.3) is 0 Å². The van der Waals surface area contributed by atoms with E-state index in [4.69, 9.17) is 9.47 Å². The first-order valence-corrected chi connectivity index (χ1v) is 7.33. The molecule has 5 heteroatoms. The molecule has 0 saturated heterocycles. The summed E-state index contributed by atoms with van der Waals surface area (Å²) in [5.74, 6) is 0. The van der Waals surface area contributed by atoms with Crippen molar-refractivity contribution in [3.05, 3.63) is 0 Å². The summed E-state index contributed by atoms with van der Waals surface area (Å²) in [5, 5.41) is 12.6. The van der Waals surface area contributed by atoms with Gasteiger partial charge in [0.15, 0.2) is 0 Å². The minimum absolute atomic E-state index is 0.0873. The average Bonchev–Trinajstić information content (AvgIpc) is 3.22. The van der Waals surface area contributed by atoms with Crippen molar-refractivity contribution in [3.8, 4) is 6.07 Å². The van der Waals surface area contributed by atoms with Gasteiger partial charge < -0.3 is 9.47 Å². The molecule has 1 fully saturated rings. The zero-order chi connectivity index (χ0) is 13.9. The molecule has 1 aliphatic carbocycles. The van der Waals surface area contributed by atoms with Crippen LogP contribution < -0.4 is 5.32 Å². The fourth-order valence-corrected chi connectivity index (χ4v) is 1.89. The first-order chi connectivity index (χ1) is 9.30. The topological polar surface area (TPSA) is 57.5 Å². The SMILES string of the molecule is CCOCCN(CCOCC)CC(C#N)NC1CC1. The average molecular weight is 269 g/mol. The molecule has 5 nitrogen and oxygen atoms in total. The lowest BCUT2D eigenvalue weighted by Crippen LogP contribution is -2.43. The molecule has 0 aromatic carbocycles. The summed E-state index contributed by atoms with van der Waals surface area (Å²) in [6.07, 6.45) is 2.41. The Balaban J connectivity index is 2.29. The van der Waals surface area contributed by atoms with Gasteiger partial charge in [0, 0.05) is 38.9 Å². The summed E-state index contributed by atoms with van der Waals surface area (Å²) in [4.78, 5) is 2.24. The molecule has 0 heterocycles. The van der Waals surface area contributed by atoms with Crippen LogP contribution in [0, 0.1) is 11.3 Å². The molecule has 19 heavy (non-hydrogen) atoms. The summed E-state index contributed by atoms with van der Waals surface area (Å²) in [7, 11) is 0. The molecule has 0 amide bonds. The van der Waals surface area contributed by atoms with Gasteiger partial charge in [0.05, 0.1) is 19.3 Å². The lowest BCUT2D eigenvalue weighted by Gasteiger charge is -2.24. The standard InChI is InChI=1S/C14H27N3O2/c1-3-18-9-7-17(8-10-19-4-2)12-14(11-15)16-13-5-6-13/h13-14,16H,3-10,12H2,1-2H3. The van der Waals surface area contributed by atoms with Crippen LogP contribution in [-0.2, 0) is 9.47 Å². The van der Waals surface area contributed by atoms with E-state index in [-0.39, 0.29) is 6.04 Å². The molecule has 0 spiro atoms. The number of hydrogen-bond donors (Lipinski definition) is 1. The van der Waals surface area contributed by atoms with Gasteiger partial charge in [-0.25, -0.2) is 0 Å². The summed E-state index contributed by atoms with van der Waals surface area (Å²) in [6, 6.07) is 2.82. The van der Waals surface area contributed by atoms with Crippen LogP contribution in [0.15, 0.2) is 0 Å². The minimum atomic E-state index is -0.0873. The third-order valence-electron chi connectivity index (χ3n) is 3.12. The second-order valence-electron chi connectivity index (χ2n) is 4.82. The van der Waals surface area contributed by atoms with Crippen LogP contribution in [0.1, 0.15) is 26.7 Å². The van der Waals surface area contributed by atoms with Gasteiger partial charge in [0.2, 0.25) is 0 Å². The van der Waals surface area contributed by atoms with E-state index in [1.807, 2.05) is 13.8 Å². The van der Waals surface area contributed by atoms with Crippen LogP contribution in [0.3, 0.4) is 0 Å². The van der Waals surface area contributed by atoms with Crippen LogP contribution in [-0.4, -0.2) is 63.0 Å². The van der Waals surface area contributed by atoms with E-state index >= 15 is 0 Å². The maximum absolute atomic E-state index is 9.19. The van der Waals surface area contributed by atoms with Crippen LogP contribution >= 0.6 is 0 Å². The van der Waals surface area contributed by atoms with Gasteiger partial charge in [0.25, 0.3) is 0 Å². The summed E-state index contributed by atoms with van der Waals surface area (Å²) in [6.45, 7) is 9.34. The summed E-state index contributed by atoms with van der Waals surface area (Å²) >= 11 is 0. The number of ether oxygens (including phenoxy) is 2. The molecule has 1 unspecified atom stereocenters. The lowest BCUT2D eigenvalue weighted by atomic mass is 10.3. The quantitative estimate of drug-likeness (QED) is 0.536. The van der Waals surface area contributed by atoms with Crippen molar-refractivity contribution >= 4 is 0 Å². The van der Waals surface area contributed by atoms with Gasteiger partial charge in [-0.3, -0.25) is 10.2 Å². The molecule has 0 radical (unpaired) electrons. The molecular weight excluding hydrogens is 242 g/mol. The molecule has 110 valence electrons. The summed E-state index contributed by atoms with van der Waals surface area (Å²) in [5.41, 5.74) is 0. The highest BCUT2D eigenvalue weighted by Crippen LogP contribution is 2.19. The Bertz CT molecular complexity index is 254. The Morgan fingerprint density at radius 2 is 1.79 bits per heavy atom. The molecule has 0 aromatic rings. The first-order valence-electron chi connectivity index (χ1n) is 7.33. The normalized spacial score (nSPS) is 16.5. The van der Waals surface area contributed by atoms with E-state index in [1.165, 1.54) is 12.8 Å². The van der Waals surface area contributed by atoms with E-state index in [0.717, 1.165) is 32.8 Å². The van der Waals surface area contributed by atoms with E-state index in [0.29, 0.717) is 19.3 Å². The lowest BCUT2D eigenvalue weighted by molar-refractivity contribution is 0.0807. The third-order valence-corrected chi connectivity index (χ3v) is 3.12.